The number of ether oxygens (including phenoxy) is 2. The summed E-state index contributed by atoms with van der Waals surface area (Å²) in [6, 6.07) is 22.0. The summed E-state index contributed by atoms with van der Waals surface area (Å²) in [6.07, 6.45) is 0.669. The second-order valence-electron chi connectivity index (χ2n) is 12.7. The number of halogens is 5. The summed E-state index contributed by atoms with van der Waals surface area (Å²) >= 11 is 0. The van der Waals surface area contributed by atoms with Crippen LogP contribution in [0.15, 0.2) is 72.8 Å². The zero-order valence-electron chi connectivity index (χ0n) is 27.2. The van der Waals surface area contributed by atoms with Gasteiger partial charge in [0.15, 0.2) is 29.6 Å². The van der Waals surface area contributed by atoms with E-state index < -0.39 is 46.8 Å². The van der Waals surface area contributed by atoms with Crippen molar-refractivity contribution in [1.82, 2.24) is 10.2 Å². The molecule has 12 heteroatoms. The number of likely N-dealkylation sites (tertiary alicyclic amines) is 1. The predicted molar refractivity (Wildman–Crippen MR) is 174 cm³/mol. The van der Waals surface area contributed by atoms with Crippen LogP contribution in [-0.2, 0) is 22.6 Å². The van der Waals surface area contributed by atoms with Crippen LogP contribution in [0.1, 0.15) is 64.8 Å². The number of hydrogen-bond acceptors (Lipinski definition) is 6. The number of nitrogens with zero attached hydrogens (tertiary/aromatic N) is 1. The fourth-order valence-electron chi connectivity index (χ4n) is 6.75. The largest absolute Gasteiger partial charge is 0.395 e. The normalized spacial score (nSPS) is 22.5. The molecule has 2 aliphatic heterocycles. The molecule has 2 saturated heterocycles. The van der Waals surface area contributed by atoms with Crippen molar-refractivity contribution in [3.8, 4) is 11.1 Å². The number of aliphatic hydroxyl groups excluding tert-OH is 2. The van der Waals surface area contributed by atoms with Crippen LogP contribution < -0.4 is 5.32 Å². The Balaban J connectivity index is 1.22. The van der Waals surface area contributed by atoms with Crippen LogP contribution in [-0.4, -0.2) is 52.9 Å². The van der Waals surface area contributed by atoms with Gasteiger partial charge in [-0.15, -0.1) is 0 Å². The van der Waals surface area contributed by atoms with Crippen molar-refractivity contribution in [2.24, 2.45) is 5.92 Å². The zero-order valence-corrected chi connectivity index (χ0v) is 27.2. The molecule has 7 nitrogen and oxygen atoms in total. The Hall–Kier alpha value is -4.20. The van der Waals surface area contributed by atoms with E-state index in [1.165, 1.54) is 0 Å². The highest BCUT2D eigenvalue weighted by Gasteiger charge is 2.40. The summed E-state index contributed by atoms with van der Waals surface area (Å²) in [7, 11) is 0. The van der Waals surface area contributed by atoms with Gasteiger partial charge in [-0.05, 0) is 47.2 Å². The molecule has 3 N–H and O–H groups in total. The topological polar surface area (TPSA) is 91.3 Å². The fourth-order valence-corrected chi connectivity index (χ4v) is 6.75. The molecule has 6 rings (SSSR count). The van der Waals surface area contributed by atoms with Crippen LogP contribution in [0.2, 0.25) is 0 Å². The van der Waals surface area contributed by atoms with E-state index >= 15 is 0 Å². The molecular weight excluding hydrogens is 659 g/mol. The molecule has 0 spiro atoms. The number of carbonyl (C=O) groups excluding carboxylic acids is 1. The van der Waals surface area contributed by atoms with Gasteiger partial charge in [-0.2, -0.15) is 0 Å². The number of aliphatic hydroxyl groups is 2. The van der Waals surface area contributed by atoms with Gasteiger partial charge in [0.05, 0.1) is 25.4 Å². The number of amides is 1. The summed E-state index contributed by atoms with van der Waals surface area (Å²) < 4.78 is 82.5. The summed E-state index contributed by atoms with van der Waals surface area (Å²) in [5.74, 6) is -12.6. The summed E-state index contributed by atoms with van der Waals surface area (Å²) in [5, 5.41) is 21.7. The van der Waals surface area contributed by atoms with Crippen molar-refractivity contribution < 1.29 is 46.4 Å². The van der Waals surface area contributed by atoms with Gasteiger partial charge in [-0.1, -0.05) is 79.7 Å². The molecule has 1 amide bonds. The Labute approximate surface area is 286 Å². The van der Waals surface area contributed by atoms with Gasteiger partial charge in [0, 0.05) is 30.6 Å². The highest BCUT2D eigenvalue weighted by Crippen LogP contribution is 2.42. The first-order chi connectivity index (χ1) is 24.1. The maximum atomic E-state index is 14.2. The standard InChI is InChI=1S/C38H37F5N2O5/c1-21-29(18-45-16-4-6-27(45)20-47)49-38(50-36(21)24-10-8-22(19-46)9-11-24)25-14-12-23(13-15-25)28-7-3-2-5-26(28)17-44-37(48)30-31(39)33(41)35(43)34(42)32(30)40/h2-3,5,7-15,21,27,29,36,38,46-47H,4,6,16-20H2,1H3,(H,44,48)/t21-,27+,29+,36+,38+/m1/s1. The monoisotopic (exact) mass is 696 g/mol. The van der Waals surface area contributed by atoms with Gasteiger partial charge in [0.1, 0.15) is 5.56 Å². The average molecular weight is 697 g/mol. The number of hydrogen-bond donors (Lipinski definition) is 3. The van der Waals surface area contributed by atoms with Gasteiger partial charge in [0.25, 0.3) is 5.91 Å². The zero-order chi connectivity index (χ0) is 35.5. The van der Waals surface area contributed by atoms with Crippen LogP contribution in [0.5, 0.6) is 0 Å². The predicted octanol–water partition coefficient (Wildman–Crippen LogP) is 6.72. The average Bonchev–Trinajstić information content (AvgIpc) is 3.60. The van der Waals surface area contributed by atoms with E-state index in [1.807, 2.05) is 48.5 Å². The highest BCUT2D eigenvalue weighted by molar-refractivity contribution is 5.95. The molecule has 2 heterocycles. The number of nitrogens with one attached hydrogen (secondary N) is 1. The number of carbonyl (C=O) groups is 1. The SMILES string of the molecule is C[C@@H]1[C@H](CN2CCC[C@H]2CO)O[C@H](c2ccc(-c3ccccc3CNC(=O)c3c(F)c(F)c(F)c(F)c3F)cc2)O[C@@H]1c1ccc(CO)cc1. The third-order valence-corrected chi connectivity index (χ3v) is 9.64. The molecule has 264 valence electrons. The molecule has 0 saturated carbocycles. The van der Waals surface area contributed by atoms with E-state index in [0.717, 1.165) is 41.6 Å². The maximum Gasteiger partial charge on any atom is 0.257 e. The second-order valence-corrected chi connectivity index (χ2v) is 12.7. The first-order valence-corrected chi connectivity index (χ1v) is 16.4. The third kappa shape index (κ3) is 7.17. The summed E-state index contributed by atoms with van der Waals surface area (Å²) in [4.78, 5) is 14.9. The molecule has 2 aliphatic rings. The molecule has 0 aromatic heterocycles. The lowest BCUT2D eigenvalue weighted by Gasteiger charge is -2.43. The Morgan fingerprint density at radius 3 is 2.14 bits per heavy atom. The summed E-state index contributed by atoms with van der Waals surface area (Å²) in [6.45, 7) is 3.33. The molecule has 50 heavy (non-hydrogen) atoms. The lowest BCUT2D eigenvalue weighted by Crippen LogP contribution is -2.46. The van der Waals surface area contributed by atoms with Gasteiger partial charge in [0.2, 0.25) is 5.82 Å². The van der Waals surface area contributed by atoms with Crippen LogP contribution >= 0.6 is 0 Å². The first kappa shape index (κ1) is 35.6. The van der Waals surface area contributed by atoms with E-state index in [9.17, 15) is 37.0 Å². The van der Waals surface area contributed by atoms with Gasteiger partial charge in [-0.25, -0.2) is 22.0 Å². The van der Waals surface area contributed by atoms with E-state index in [-0.39, 0.29) is 43.9 Å². The van der Waals surface area contributed by atoms with Crippen LogP contribution in [0.25, 0.3) is 11.1 Å². The van der Waals surface area contributed by atoms with Crippen LogP contribution in [0.4, 0.5) is 22.0 Å². The van der Waals surface area contributed by atoms with E-state index in [0.29, 0.717) is 17.7 Å². The van der Waals surface area contributed by atoms with Crippen molar-refractivity contribution in [2.75, 3.05) is 19.7 Å². The molecule has 0 aliphatic carbocycles. The molecule has 5 atom stereocenters. The minimum absolute atomic E-state index is 0.0302. The van der Waals surface area contributed by atoms with Crippen molar-refractivity contribution in [2.45, 2.75) is 57.5 Å². The van der Waals surface area contributed by atoms with Crippen molar-refractivity contribution in [3.05, 3.63) is 130 Å². The molecule has 0 bridgehead atoms. The fraction of sp³-hybridized carbons (Fsp3) is 0.342. The van der Waals surface area contributed by atoms with Crippen molar-refractivity contribution >= 4 is 5.91 Å². The number of rotatable bonds is 10. The quantitative estimate of drug-likeness (QED) is 0.0970. The van der Waals surface area contributed by atoms with E-state index in [1.54, 1.807) is 24.3 Å². The molecule has 0 unspecified atom stereocenters. The van der Waals surface area contributed by atoms with Gasteiger partial charge < -0.3 is 25.0 Å². The molecule has 0 radical (unpaired) electrons. The lowest BCUT2D eigenvalue weighted by molar-refractivity contribution is -0.276. The Kier molecular flexibility index (Phi) is 10.9. The molecular formula is C38H37F5N2O5. The van der Waals surface area contributed by atoms with Crippen LogP contribution in [0, 0.1) is 35.0 Å². The minimum atomic E-state index is -2.34. The lowest BCUT2D eigenvalue weighted by atomic mass is 9.89. The van der Waals surface area contributed by atoms with Crippen molar-refractivity contribution in [1.29, 1.82) is 0 Å². The highest BCUT2D eigenvalue weighted by atomic mass is 19.2. The Bertz CT molecular complexity index is 1800. The maximum absolute atomic E-state index is 14.2. The van der Waals surface area contributed by atoms with Gasteiger partial charge in [-0.3, -0.25) is 9.69 Å². The summed E-state index contributed by atoms with van der Waals surface area (Å²) in [5.41, 5.74) is 2.87. The minimum Gasteiger partial charge on any atom is -0.395 e. The Morgan fingerprint density at radius 1 is 0.840 bits per heavy atom. The van der Waals surface area contributed by atoms with Crippen LogP contribution in [0.3, 0.4) is 0 Å². The third-order valence-electron chi connectivity index (χ3n) is 9.64. The molecule has 2 fully saturated rings. The molecule has 4 aromatic rings. The molecule has 4 aromatic carbocycles. The number of benzene rings is 4. The van der Waals surface area contributed by atoms with E-state index in [4.69, 9.17) is 9.47 Å². The Morgan fingerprint density at radius 2 is 1.48 bits per heavy atom. The smallest absolute Gasteiger partial charge is 0.257 e. The second kappa shape index (κ2) is 15.4. The first-order valence-electron chi connectivity index (χ1n) is 16.4. The van der Waals surface area contributed by atoms with Gasteiger partial charge >= 0.3 is 0 Å². The van der Waals surface area contributed by atoms with Crippen molar-refractivity contribution in [3.63, 3.8) is 0 Å². The van der Waals surface area contributed by atoms with E-state index in [2.05, 4.69) is 17.1 Å².